The Morgan fingerprint density at radius 3 is 2.75 bits per heavy atom. The van der Waals surface area contributed by atoms with Crippen molar-refractivity contribution < 1.29 is 4.79 Å². The third kappa shape index (κ3) is 2.99. The first-order chi connectivity index (χ1) is 9.52. The minimum atomic E-state index is -0.480. The molecule has 5 nitrogen and oxygen atoms in total. The number of hydrogen-bond acceptors (Lipinski definition) is 3. The van der Waals surface area contributed by atoms with Gasteiger partial charge >= 0.3 is 0 Å². The van der Waals surface area contributed by atoms with E-state index >= 15 is 0 Å². The van der Waals surface area contributed by atoms with Crippen LogP contribution in [0.4, 0.5) is 0 Å². The van der Waals surface area contributed by atoms with Crippen LogP contribution in [-0.4, -0.2) is 21.9 Å². The number of nitrogens with one attached hydrogen (secondary N) is 2. The summed E-state index contributed by atoms with van der Waals surface area (Å²) in [6, 6.07) is 7.12. The van der Waals surface area contributed by atoms with Crippen molar-refractivity contribution in [2.45, 2.75) is 39.3 Å². The van der Waals surface area contributed by atoms with Gasteiger partial charge in [0.05, 0.1) is 23.1 Å². The number of fused-ring (bicyclic) bond motifs is 1. The largest absolute Gasteiger partial charge is 0.345 e. The van der Waals surface area contributed by atoms with Crippen LogP contribution in [0.15, 0.2) is 24.3 Å². The lowest BCUT2D eigenvalue weighted by molar-refractivity contribution is -0.124. The first kappa shape index (κ1) is 14.5. The Kier molecular flexibility index (Phi) is 4.39. The van der Waals surface area contributed by atoms with Crippen LogP contribution in [-0.2, 0) is 4.79 Å². The molecule has 4 N–H and O–H groups in total. The Morgan fingerprint density at radius 1 is 1.40 bits per heavy atom. The topological polar surface area (TPSA) is 83.8 Å². The first-order valence-corrected chi connectivity index (χ1v) is 7.03. The molecule has 1 aromatic heterocycles. The predicted octanol–water partition coefficient (Wildman–Crippen LogP) is 2.11. The molecule has 0 aliphatic rings. The van der Waals surface area contributed by atoms with Crippen LogP contribution in [0, 0.1) is 5.92 Å². The summed E-state index contributed by atoms with van der Waals surface area (Å²) in [7, 11) is 0. The Balaban J connectivity index is 2.07. The highest BCUT2D eigenvalue weighted by Gasteiger charge is 2.22. The van der Waals surface area contributed by atoms with Crippen molar-refractivity contribution >= 4 is 16.9 Å². The zero-order chi connectivity index (χ0) is 14.7. The molecule has 20 heavy (non-hydrogen) atoms. The van der Waals surface area contributed by atoms with E-state index in [1.807, 2.05) is 45.0 Å². The van der Waals surface area contributed by atoms with Crippen molar-refractivity contribution in [3.63, 3.8) is 0 Å². The lowest BCUT2D eigenvalue weighted by Crippen LogP contribution is -2.45. The van der Waals surface area contributed by atoms with Gasteiger partial charge in [-0.05, 0) is 25.0 Å². The maximum Gasteiger partial charge on any atom is 0.237 e. The first-order valence-electron chi connectivity index (χ1n) is 7.03. The summed E-state index contributed by atoms with van der Waals surface area (Å²) < 4.78 is 0. The molecule has 0 saturated carbocycles. The number of para-hydroxylation sites is 2. The van der Waals surface area contributed by atoms with E-state index < -0.39 is 6.04 Å². The SMILES string of the molecule is CC[C@H](C)[C@@H](N)C(=O)N[C@H](C)c1nc2ccccc2[nH]1. The zero-order valence-electron chi connectivity index (χ0n) is 12.2. The predicted molar refractivity (Wildman–Crippen MR) is 80.1 cm³/mol. The summed E-state index contributed by atoms with van der Waals surface area (Å²) in [5.74, 6) is 0.779. The number of aromatic nitrogens is 2. The molecule has 0 saturated heterocycles. The highest BCUT2D eigenvalue weighted by atomic mass is 16.2. The molecule has 2 aromatic rings. The molecule has 0 fully saturated rings. The molecule has 0 aliphatic heterocycles. The lowest BCUT2D eigenvalue weighted by Gasteiger charge is -2.20. The minimum Gasteiger partial charge on any atom is -0.345 e. The number of carbonyl (C=O) groups excluding carboxylic acids is 1. The van der Waals surface area contributed by atoms with Crippen molar-refractivity contribution in [1.82, 2.24) is 15.3 Å². The Labute approximate surface area is 119 Å². The fraction of sp³-hybridized carbons (Fsp3) is 0.467. The van der Waals surface area contributed by atoms with E-state index in [2.05, 4.69) is 15.3 Å². The summed E-state index contributed by atoms with van der Waals surface area (Å²) in [5.41, 5.74) is 7.80. The fourth-order valence-corrected chi connectivity index (χ4v) is 2.07. The number of H-pyrrole nitrogens is 1. The zero-order valence-corrected chi connectivity index (χ0v) is 12.2. The van der Waals surface area contributed by atoms with Gasteiger partial charge in [-0.2, -0.15) is 0 Å². The molecular weight excluding hydrogens is 252 g/mol. The summed E-state index contributed by atoms with van der Waals surface area (Å²) >= 11 is 0. The fourth-order valence-electron chi connectivity index (χ4n) is 2.07. The molecule has 0 bridgehead atoms. The van der Waals surface area contributed by atoms with Gasteiger partial charge in [-0.25, -0.2) is 4.98 Å². The summed E-state index contributed by atoms with van der Waals surface area (Å²) in [4.78, 5) is 19.8. The van der Waals surface area contributed by atoms with Gasteiger partial charge in [0.25, 0.3) is 0 Å². The van der Waals surface area contributed by atoms with E-state index in [0.717, 1.165) is 23.3 Å². The van der Waals surface area contributed by atoms with Crippen LogP contribution in [0.2, 0.25) is 0 Å². The smallest absolute Gasteiger partial charge is 0.237 e. The summed E-state index contributed by atoms with van der Waals surface area (Å²) in [5, 5.41) is 2.91. The third-order valence-electron chi connectivity index (χ3n) is 3.74. The van der Waals surface area contributed by atoms with Crippen molar-refractivity contribution in [3.05, 3.63) is 30.1 Å². The van der Waals surface area contributed by atoms with Gasteiger partial charge in [0.1, 0.15) is 5.82 Å². The van der Waals surface area contributed by atoms with Crippen LogP contribution in [0.3, 0.4) is 0 Å². The second-order valence-electron chi connectivity index (χ2n) is 5.28. The number of nitrogens with two attached hydrogens (primary N) is 1. The van der Waals surface area contributed by atoms with E-state index in [-0.39, 0.29) is 17.9 Å². The van der Waals surface area contributed by atoms with E-state index in [1.54, 1.807) is 0 Å². The maximum atomic E-state index is 12.1. The average Bonchev–Trinajstić information content (AvgIpc) is 2.89. The van der Waals surface area contributed by atoms with E-state index in [0.29, 0.717) is 0 Å². The van der Waals surface area contributed by atoms with Gasteiger partial charge in [0.2, 0.25) is 5.91 Å². The second kappa shape index (κ2) is 6.05. The maximum absolute atomic E-state index is 12.1. The van der Waals surface area contributed by atoms with Gasteiger partial charge in [-0.1, -0.05) is 32.4 Å². The molecule has 5 heteroatoms. The van der Waals surface area contributed by atoms with Crippen molar-refractivity contribution in [2.24, 2.45) is 11.7 Å². The molecule has 108 valence electrons. The number of aromatic amines is 1. The molecule has 0 aliphatic carbocycles. The molecular formula is C15H22N4O. The van der Waals surface area contributed by atoms with Gasteiger partial charge in [-0.3, -0.25) is 4.79 Å². The second-order valence-corrected chi connectivity index (χ2v) is 5.28. The van der Waals surface area contributed by atoms with E-state index in [9.17, 15) is 4.79 Å². The van der Waals surface area contributed by atoms with Crippen LogP contribution in [0.5, 0.6) is 0 Å². The lowest BCUT2D eigenvalue weighted by atomic mass is 9.99. The number of hydrogen-bond donors (Lipinski definition) is 3. The van der Waals surface area contributed by atoms with E-state index in [4.69, 9.17) is 5.73 Å². The Hall–Kier alpha value is -1.88. The van der Waals surface area contributed by atoms with Crippen molar-refractivity contribution in [3.8, 4) is 0 Å². The Morgan fingerprint density at radius 2 is 2.10 bits per heavy atom. The van der Waals surface area contributed by atoms with Gasteiger partial charge in [0.15, 0.2) is 0 Å². The third-order valence-corrected chi connectivity index (χ3v) is 3.74. The molecule has 1 amide bonds. The number of rotatable bonds is 5. The number of imidazole rings is 1. The van der Waals surface area contributed by atoms with Crippen molar-refractivity contribution in [1.29, 1.82) is 0 Å². The quantitative estimate of drug-likeness (QED) is 0.780. The van der Waals surface area contributed by atoms with Crippen LogP contribution in [0.1, 0.15) is 39.1 Å². The highest BCUT2D eigenvalue weighted by Crippen LogP contribution is 2.16. The van der Waals surface area contributed by atoms with Gasteiger partial charge < -0.3 is 16.0 Å². The Bertz CT molecular complexity index is 559. The summed E-state index contributed by atoms with van der Waals surface area (Å²) in [6.45, 7) is 5.91. The molecule has 0 unspecified atom stereocenters. The van der Waals surface area contributed by atoms with Crippen LogP contribution < -0.4 is 11.1 Å². The number of carbonyl (C=O) groups is 1. The number of benzene rings is 1. The van der Waals surface area contributed by atoms with Crippen LogP contribution in [0.25, 0.3) is 11.0 Å². The monoisotopic (exact) mass is 274 g/mol. The minimum absolute atomic E-state index is 0.132. The van der Waals surface area contributed by atoms with Gasteiger partial charge in [-0.15, -0.1) is 0 Å². The standard InChI is InChI=1S/C15H22N4O/c1-4-9(2)13(16)15(20)17-10(3)14-18-11-7-5-6-8-12(11)19-14/h5-10,13H,4,16H2,1-3H3,(H,17,20)(H,18,19)/t9-,10+,13+/m0/s1. The van der Waals surface area contributed by atoms with Gasteiger partial charge in [0, 0.05) is 0 Å². The molecule has 3 atom stereocenters. The molecule has 0 spiro atoms. The molecule has 0 radical (unpaired) electrons. The number of amides is 1. The summed E-state index contributed by atoms with van der Waals surface area (Å²) in [6.07, 6.45) is 0.883. The van der Waals surface area contributed by atoms with E-state index in [1.165, 1.54) is 0 Å². The molecule has 1 aromatic carbocycles. The molecule has 1 heterocycles. The van der Waals surface area contributed by atoms with Crippen molar-refractivity contribution in [2.75, 3.05) is 0 Å². The highest BCUT2D eigenvalue weighted by molar-refractivity contribution is 5.82. The normalized spacial score (nSPS) is 15.8. The number of nitrogens with zero attached hydrogens (tertiary/aromatic N) is 1. The van der Waals surface area contributed by atoms with Crippen LogP contribution >= 0.6 is 0 Å². The average molecular weight is 274 g/mol. The molecule has 2 rings (SSSR count).